The van der Waals surface area contributed by atoms with Gasteiger partial charge in [0.2, 0.25) is 5.91 Å². The van der Waals surface area contributed by atoms with Crippen molar-refractivity contribution < 1.29 is 18.0 Å². The predicted molar refractivity (Wildman–Crippen MR) is 102 cm³/mol. The second-order valence-corrected chi connectivity index (χ2v) is 9.30. The fourth-order valence-corrected chi connectivity index (χ4v) is 4.69. The highest BCUT2D eigenvalue weighted by atomic mass is 32.2. The van der Waals surface area contributed by atoms with Gasteiger partial charge in [-0.25, -0.2) is 8.42 Å². The van der Waals surface area contributed by atoms with Crippen LogP contribution in [0.4, 0.5) is 0 Å². The smallest absolute Gasteiger partial charge is 0.255 e. The first kappa shape index (κ1) is 19.8. The summed E-state index contributed by atoms with van der Waals surface area (Å²) in [5.41, 5.74) is 0.237. The zero-order valence-corrected chi connectivity index (χ0v) is 16.6. The first-order valence-electron chi connectivity index (χ1n) is 9.53. The minimum atomic E-state index is -3.46. The van der Waals surface area contributed by atoms with Crippen molar-refractivity contribution >= 4 is 21.7 Å². The van der Waals surface area contributed by atoms with E-state index in [-0.39, 0.29) is 28.0 Å². The summed E-state index contributed by atoms with van der Waals surface area (Å²) < 4.78 is 24.6. The van der Waals surface area contributed by atoms with E-state index in [9.17, 15) is 18.0 Å². The summed E-state index contributed by atoms with van der Waals surface area (Å²) in [6.45, 7) is 5.89. The fourth-order valence-electron chi connectivity index (χ4n) is 3.61. The van der Waals surface area contributed by atoms with Crippen molar-refractivity contribution in [1.29, 1.82) is 0 Å². The minimum Gasteiger partial charge on any atom is -0.342 e. The molecule has 0 saturated carbocycles. The van der Waals surface area contributed by atoms with Crippen LogP contribution < -0.4 is 0 Å². The van der Waals surface area contributed by atoms with Crippen LogP contribution in [0.1, 0.15) is 30.1 Å². The number of carbonyl (C=O) groups is 2. The van der Waals surface area contributed by atoms with Crippen LogP contribution in [0.15, 0.2) is 29.2 Å². The molecule has 0 aromatic heterocycles. The SMILES string of the molecule is CCS(=O)(=O)c1ccccc1C(=O)N1CCN(CC(=O)N2CCCC2)CC1. The Hall–Kier alpha value is -1.93. The van der Waals surface area contributed by atoms with E-state index in [1.165, 1.54) is 6.07 Å². The quantitative estimate of drug-likeness (QED) is 0.742. The maximum Gasteiger partial charge on any atom is 0.255 e. The van der Waals surface area contributed by atoms with Gasteiger partial charge in [0.25, 0.3) is 5.91 Å². The molecule has 7 nitrogen and oxygen atoms in total. The number of benzene rings is 1. The highest BCUT2D eigenvalue weighted by Gasteiger charge is 2.28. The average Bonchev–Trinajstić information content (AvgIpc) is 3.23. The third-order valence-electron chi connectivity index (χ3n) is 5.31. The number of hydrogen-bond acceptors (Lipinski definition) is 5. The summed E-state index contributed by atoms with van der Waals surface area (Å²) in [4.78, 5) is 30.9. The van der Waals surface area contributed by atoms with Crippen molar-refractivity contribution in [3.63, 3.8) is 0 Å². The molecule has 2 saturated heterocycles. The lowest BCUT2D eigenvalue weighted by Gasteiger charge is -2.35. The standard InChI is InChI=1S/C19H27N3O4S/c1-2-27(25,26)17-8-4-3-7-16(17)19(24)22-13-11-20(12-14-22)15-18(23)21-9-5-6-10-21/h3-4,7-8H,2,5-6,9-15H2,1H3. The molecule has 2 aliphatic rings. The molecule has 3 rings (SSSR count). The summed E-state index contributed by atoms with van der Waals surface area (Å²) in [6.07, 6.45) is 2.15. The maximum absolute atomic E-state index is 12.9. The van der Waals surface area contributed by atoms with Gasteiger partial charge < -0.3 is 9.80 Å². The zero-order valence-electron chi connectivity index (χ0n) is 15.8. The van der Waals surface area contributed by atoms with Gasteiger partial charge in [0.05, 0.1) is 22.8 Å². The second kappa shape index (κ2) is 8.39. The Morgan fingerprint density at radius 2 is 1.56 bits per heavy atom. The van der Waals surface area contributed by atoms with Crippen LogP contribution >= 0.6 is 0 Å². The molecule has 0 unspecified atom stereocenters. The van der Waals surface area contributed by atoms with Crippen LogP contribution in [0.5, 0.6) is 0 Å². The van der Waals surface area contributed by atoms with Crippen molar-refractivity contribution in [2.24, 2.45) is 0 Å². The molecule has 2 aliphatic heterocycles. The van der Waals surface area contributed by atoms with Gasteiger partial charge in [0.15, 0.2) is 9.84 Å². The molecule has 0 aliphatic carbocycles. The van der Waals surface area contributed by atoms with E-state index in [2.05, 4.69) is 4.90 Å². The first-order chi connectivity index (χ1) is 12.9. The summed E-state index contributed by atoms with van der Waals surface area (Å²) >= 11 is 0. The van der Waals surface area contributed by atoms with E-state index in [0.29, 0.717) is 32.7 Å². The van der Waals surface area contributed by atoms with Gasteiger partial charge in [-0.3, -0.25) is 14.5 Å². The molecule has 2 amide bonds. The van der Waals surface area contributed by atoms with Crippen molar-refractivity contribution in [3.05, 3.63) is 29.8 Å². The Morgan fingerprint density at radius 3 is 2.19 bits per heavy atom. The predicted octanol–water partition coefficient (Wildman–Crippen LogP) is 0.860. The number of nitrogens with zero attached hydrogens (tertiary/aromatic N) is 3. The normalized spacial score (nSPS) is 18.7. The molecular formula is C19H27N3O4S. The van der Waals surface area contributed by atoms with Gasteiger partial charge in [0, 0.05) is 39.3 Å². The Kier molecular flexibility index (Phi) is 6.16. The lowest BCUT2D eigenvalue weighted by Crippen LogP contribution is -2.51. The van der Waals surface area contributed by atoms with Crippen molar-refractivity contribution in [2.45, 2.75) is 24.7 Å². The van der Waals surface area contributed by atoms with Crippen LogP contribution in [0.25, 0.3) is 0 Å². The van der Waals surface area contributed by atoms with Crippen LogP contribution in [0.3, 0.4) is 0 Å². The van der Waals surface area contributed by atoms with Crippen LogP contribution in [0.2, 0.25) is 0 Å². The Bertz CT molecular complexity index is 795. The molecule has 0 spiro atoms. The van der Waals surface area contributed by atoms with Gasteiger partial charge in [-0.2, -0.15) is 0 Å². The highest BCUT2D eigenvalue weighted by molar-refractivity contribution is 7.91. The Balaban J connectivity index is 1.61. The summed E-state index contributed by atoms with van der Waals surface area (Å²) in [6, 6.07) is 6.40. The number of rotatable bonds is 5. The number of carbonyl (C=O) groups excluding carboxylic acids is 2. The third-order valence-corrected chi connectivity index (χ3v) is 7.10. The largest absolute Gasteiger partial charge is 0.342 e. The van der Waals surface area contributed by atoms with Gasteiger partial charge in [-0.05, 0) is 25.0 Å². The highest BCUT2D eigenvalue weighted by Crippen LogP contribution is 2.20. The van der Waals surface area contributed by atoms with Crippen LogP contribution in [0, 0.1) is 0 Å². The number of hydrogen-bond donors (Lipinski definition) is 0. The van der Waals surface area contributed by atoms with Crippen molar-refractivity contribution in [3.8, 4) is 0 Å². The molecule has 148 valence electrons. The van der Waals surface area contributed by atoms with Gasteiger partial charge in [-0.15, -0.1) is 0 Å². The lowest BCUT2D eigenvalue weighted by molar-refractivity contribution is -0.131. The topological polar surface area (TPSA) is 78.0 Å². The molecule has 8 heteroatoms. The molecule has 2 heterocycles. The van der Waals surface area contributed by atoms with Gasteiger partial charge in [0.1, 0.15) is 0 Å². The molecule has 0 bridgehead atoms. The van der Waals surface area contributed by atoms with Crippen molar-refractivity contribution in [1.82, 2.24) is 14.7 Å². The van der Waals surface area contributed by atoms with Crippen molar-refractivity contribution in [2.75, 3.05) is 51.6 Å². The number of amides is 2. The van der Waals surface area contributed by atoms with E-state index >= 15 is 0 Å². The van der Waals surface area contributed by atoms with Gasteiger partial charge >= 0.3 is 0 Å². The molecule has 0 atom stereocenters. The third kappa shape index (κ3) is 4.50. The van der Waals surface area contributed by atoms with E-state index in [1.54, 1.807) is 30.0 Å². The van der Waals surface area contributed by atoms with E-state index in [4.69, 9.17) is 0 Å². The molecule has 0 radical (unpaired) electrons. The maximum atomic E-state index is 12.9. The van der Waals surface area contributed by atoms with Crippen LogP contribution in [-0.2, 0) is 14.6 Å². The summed E-state index contributed by atoms with van der Waals surface area (Å²) in [7, 11) is -3.46. The first-order valence-corrected chi connectivity index (χ1v) is 11.2. The molecule has 2 fully saturated rings. The van der Waals surface area contributed by atoms with Crippen LogP contribution in [-0.4, -0.2) is 86.5 Å². The minimum absolute atomic E-state index is 0.0380. The summed E-state index contributed by atoms with van der Waals surface area (Å²) in [5, 5.41) is 0. The van der Waals surface area contributed by atoms with E-state index < -0.39 is 9.84 Å². The van der Waals surface area contributed by atoms with E-state index in [0.717, 1.165) is 25.9 Å². The monoisotopic (exact) mass is 393 g/mol. The number of likely N-dealkylation sites (tertiary alicyclic amines) is 1. The summed E-state index contributed by atoms with van der Waals surface area (Å²) in [5.74, 6) is -0.135. The molecule has 1 aromatic rings. The van der Waals surface area contributed by atoms with Gasteiger partial charge in [-0.1, -0.05) is 19.1 Å². The number of piperazine rings is 1. The second-order valence-electron chi connectivity index (χ2n) is 7.06. The average molecular weight is 394 g/mol. The number of sulfone groups is 1. The molecule has 0 N–H and O–H groups in total. The molecular weight excluding hydrogens is 366 g/mol. The Labute approximate surface area is 160 Å². The lowest BCUT2D eigenvalue weighted by atomic mass is 10.2. The zero-order chi connectivity index (χ0) is 19.4. The Morgan fingerprint density at radius 1 is 0.926 bits per heavy atom. The fraction of sp³-hybridized carbons (Fsp3) is 0.579. The molecule has 27 heavy (non-hydrogen) atoms. The van der Waals surface area contributed by atoms with E-state index in [1.807, 2.05) is 4.90 Å². The molecule has 1 aromatic carbocycles.